The zero-order valence-electron chi connectivity index (χ0n) is 8.67. The molecule has 2 nitrogen and oxygen atoms in total. The largest absolute Gasteiger partial charge is 0.294 e. The minimum absolute atomic E-state index is 0.0125. The van der Waals surface area contributed by atoms with Gasteiger partial charge in [0.05, 0.1) is 22.5 Å². The number of carbonyl (C=O) groups is 1. The van der Waals surface area contributed by atoms with Crippen LogP contribution in [0.3, 0.4) is 0 Å². The molecule has 1 heterocycles. The van der Waals surface area contributed by atoms with Crippen LogP contribution in [0.4, 0.5) is 4.39 Å². The summed E-state index contributed by atoms with van der Waals surface area (Å²) in [7, 11) is 0. The van der Waals surface area contributed by atoms with Crippen molar-refractivity contribution in [2.75, 3.05) is 0 Å². The molecule has 0 N–H and O–H groups in total. The summed E-state index contributed by atoms with van der Waals surface area (Å²) in [4.78, 5) is 15.9. The van der Waals surface area contributed by atoms with E-state index in [9.17, 15) is 9.18 Å². The van der Waals surface area contributed by atoms with E-state index >= 15 is 0 Å². The Hall–Kier alpha value is -0.960. The quantitative estimate of drug-likeness (QED) is 0.758. The lowest BCUT2D eigenvalue weighted by Crippen LogP contribution is -2.08. The van der Waals surface area contributed by atoms with Crippen LogP contribution in [0.5, 0.6) is 0 Å². The normalized spacial score (nSPS) is 19.9. The van der Waals surface area contributed by atoms with Crippen molar-refractivity contribution < 1.29 is 9.18 Å². The lowest BCUT2D eigenvalue weighted by atomic mass is 10.1. The van der Waals surface area contributed by atoms with Crippen molar-refractivity contribution in [1.82, 2.24) is 4.98 Å². The number of halogens is 2. The minimum atomic E-state index is -0.577. The molecule has 2 aliphatic rings. The summed E-state index contributed by atoms with van der Waals surface area (Å²) in [6.07, 6.45) is 4.92. The minimum Gasteiger partial charge on any atom is -0.294 e. The Bertz CT molecular complexity index is 466. The molecular formula is C12H11ClFNO. The van der Waals surface area contributed by atoms with Gasteiger partial charge in [-0.2, -0.15) is 0 Å². The molecule has 1 aromatic heterocycles. The zero-order valence-corrected chi connectivity index (χ0v) is 9.43. The van der Waals surface area contributed by atoms with E-state index in [0.29, 0.717) is 11.6 Å². The molecule has 0 aliphatic heterocycles. The number of pyridine rings is 1. The molecule has 0 unspecified atom stereocenters. The standard InChI is InChI=1S/C12H11ClFNO/c13-10-9(12(16)7-3-4-7)8(14)5-15-11(10)6-1-2-6/h5-7H,1-4H2. The SMILES string of the molecule is O=C(c1c(F)cnc(C2CC2)c1Cl)C1CC1. The molecule has 0 aromatic carbocycles. The van der Waals surface area contributed by atoms with Gasteiger partial charge in [0.1, 0.15) is 0 Å². The number of carbonyl (C=O) groups excluding carboxylic acids is 1. The fraction of sp³-hybridized carbons (Fsp3) is 0.500. The molecule has 2 aliphatic carbocycles. The second-order valence-electron chi connectivity index (χ2n) is 4.59. The second kappa shape index (κ2) is 3.52. The van der Waals surface area contributed by atoms with Crippen molar-refractivity contribution in [3.05, 3.63) is 28.3 Å². The summed E-state index contributed by atoms with van der Waals surface area (Å²) in [6, 6.07) is 0. The number of nitrogens with zero attached hydrogens (tertiary/aromatic N) is 1. The first-order chi connectivity index (χ1) is 7.68. The highest BCUT2D eigenvalue weighted by Crippen LogP contribution is 2.44. The van der Waals surface area contributed by atoms with Crippen LogP contribution >= 0.6 is 11.6 Å². The van der Waals surface area contributed by atoms with E-state index in [0.717, 1.165) is 31.9 Å². The summed E-state index contributed by atoms with van der Waals surface area (Å²) in [5.74, 6) is -0.404. The van der Waals surface area contributed by atoms with Gasteiger partial charge in [0.15, 0.2) is 11.6 Å². The van der Waals surface area contributed by atoms with Crippen LogP contribution in [0.15, 0.2) is 6.20 Å². The summed E-state index contributed by atoms with van der Waals surface area (Å²) in [6.45, 7) is 0. The van der Waals surface area contributed by atoms with Crippen LogP contribution in [-0.4, -0.2) is 10.8 Å². The molecule has 2 saturated carbocycles. The highest BCUT2D eigenvalue weighted by Gasteiger charge is 2.36. The number of hydrogen-bond acceptors (Lipinski definition) is 2. The molecule has 2 fully saturated rings. The van der Waals surface area contributed by atoms with Crippen molar-refractivity contribution >= 4 is 17.4 Å². The van der Waals surface area contributed by atoms with E-state index in [-0.39, 0.29) is 22.3 Å². The highest BCUT2D eigenvalue weighted by molar-refractivity contribution is 6.34. The molecule has 1 aromatic rings. The molecule has 0 amide bonds. The van der Waals surface area contributed by atoms with Crippen LogP contribution in [0.25, 0.3) is 0 Å². The van der Waals surface area contributed by atoms with Gasteiger partial charge in [0.25, 0.3) is 0 Å². The van der Waals surface area contributed by atoms with E-state index in [2.05, 4.69) is 4.98 Å². The average molecular weight is 240 g/mol. The van der Waals surface area contributed by atoms with Crippen LogP contribution in [0.2, 0.25) is 5.02 Å². The first-order valence-electron chi connectivity index (χ1n) is 5.56. The lowest BCUT2D eigenvalue weighted by Gasteiger charge is -2.07. The topological polar surface area (TPSA) is 30.0 Å². The summed E-state index contributed by atoms with van der Waals surface area (Å²) >= 11 is 6.09. The van der Waals surface area contributed by atoms with E-state index in [1.807, 2.05) is 0 Å². The Morgan fingerprint density at radius 1 is 1.38 bits per heavy atom. The summed E-state index contributed by atoms with van der Waals surface area (Å²) in [5, 5.41) is 0.249. The molecule has 0 atom stereocenters. The number of aromatic nitrogens is 1. The lowest BCUT2D eigenvalue weighted by molar-refractivity contribution is 0.0963. The predicted molar refractivity (Wildman–Crippen MR) is 58.2 cm³/mol. The van der Waals surface area contributed by atoms with Crippen LogP contribution in [0.1, 0.15) is 47.7 Å². The van der Waals surface area contributed by atoms with Crippen molar-refractivity contribution in [2.24, 2.45) is 5.92 Å². The average Bonchev–Trinajstić information content (AvgIpc) is 3.11. The Kier molecular flexibility index (Phi) is 2.25. The number of Topliss-reactive ketones (excluding diaryl/α,β-unsaturated/α-hetero) is 1. The fourth-order valence-corrected chi connectivity index (χ4v) is 2.28. The van der Waals surface area contributed by atoms with Gasteiger partial charge in [-0.1, -0.05) is 11.6 Å². The fourth-order valence-electron chi connectivity index (χ4n) is 1.90. The number of hydrogen-bond donors (Lipinski definition) is 0. The monoisotopic (exact) mass is 239 g/mol. The van der Waals surface area contributed by atoms with Gasteiger partial charge in [0, 0.05) is 11.8 Å². The third kappa shape index (κ3) is 1.63. The maximum absolute atomic E-state index is 13.6. The Morgan fingerprint density at radius 3 is 2.62 bits per heavy atom. The maximum atomic E-state index is 13.6. The van der Waals surface area contributed by atoms with Crippen molar-refractivity contribution in [3.63, 3.8) is 0 Å². The van der Waals surface area contributed by atoms with Gasteiger partial charge in [-0.15, -0.1) is 0 Å². The molecule has 84 valence electrons. The third-order valence-electron chi connectivity index (χ3n) is 3.16. The number of ketones is 1. The molecule has 4 heteroatoms. The second-order valence-corrected chi connectivity index (χ2v) is 4.97. The maximum Gasteiger partial charge on any atom is 0.170 e. The predicted octanol–water partition coefficient (Wildman–Crippen LogP) is 3.34. The first-order valence-corrected chi connectivity index (χ1v) is 5.94. The molecule has 0 spiro atoms. The van der Waals surface area contributed by atoms with E-state index < -0.39 is 5.82 Å². The Labute approximate surface area is 97.8 Å². The first kappa shape index (κ1) is 10.2. The third-order valence-corrected chi connectivity index (χ3v) is 3.54. The van der Waals surface area contributed by atoms with Crippen molar-refractivity contribution in [2.45, 2.75) is 31.6 Å². The van der Waals surface area contributed by atoms with Gasteiger partial charge >= 0.3 is 0 Å². The van der Waals surface area contributed by atoms with Gasteiger partial charge in [-0.05, 0) is 25.7 Å². The van der Waals surface area contributed by atoms with Gasteiger partial charge in [0.2, 0.25) is 0 Å². The smallest absolute Gasteiger partial charge is 0.170 e. The molecule has 0 bridgehead atoms. The van der Waals surface area contributed by atoms with E-state index in [1.54, 1.807) is 0 Å². The van der Waals surface area contributed by atoms with E-state index in [1.165, 1.54) is 0 Å². The van der Waals surface area contributed by atoms with Crippen LogP contribution < -0.4 is 0 Å². The van der Waals surface area contributed by atoms with Gasteiger partial charge in [-0.3, -0.25) is 9.78 Å². The number of rotatable bonds is 3. The molecular weight excluding hydrogens is 229 g/mol. The zero-order chi connectivity index (χ0) is 11.3. The van der Waals surface area contributed by atoms with E-state index in [4.69, 9.17) is 11.6 Å². The van der Waals surface area contributed by atoms with Gasteiger partial charge in [-0.25, -0.2) is 4.39 Å². The summed E-state index contributed by atoms with van der Waals surface area (Å²) < 4.78 is 13.6. The van der Waals surface area contributed by atoms with Crippen molar-refractivity contribution in [3.8, 4) is 0 Å². The molecule has 0 saturated heterocycles. The van der Waals surface area contributed by atoms with Crippen LogP contribution in [-0.2, 0) is 0 Å². The molecule has 16 heavy (non-hydrogen) atoms. The highest BCUT2D eigenvalue weighted by atomic mass is 35.5. The molecule has 3 rings (SSSR count). The molecule has 0 radical (unpaired) electrons. The Balaban J connectivity index is 2.06. The summed E-state index contributed by atoms with van der Waals surface area (Å²) in [5.41, 5.74) is 0.771. The van der Waals surface area contributed by atoms with Crippen LogP contribution in [0, 0.1) is 11.7 Å². The van der Waals surface area contributed by atoms with Crippen molar-refractivity contribution in [1.29, 1.82) is 0 Å². The van der Waals surface area contributed by atoms with Gasteiger partial charge < -0.3 is 0 Å². The Morgan fingerprint density at radius 2 is 2.06 bits per heavy atom.